The van der Waals surface area contributed by atoms with Crippen molar-refractivity contribution < 1.29 is 19.4 Å². The van der Waals surface area contributed by atoms with Crippen LogP contribution in [0.15, 0.2) is 58.5 Å². The molecule has 0 saturated carbocycles. The highest BCUT2D eigenvalue weighted by Crippen LogP contribution is 2.46. The Bertz CT molecular complexity index is 890. The van der Waals surface area contributed by atoms with E-state index in [4.69, 9.17) is 0 Å². The molecule has 140 valence electrons. The Morgan fingerprint density at radius 1 is 1.15 bits per heavy atom. The van der Waals surface area contributed by atoms with Crippen molar-refractivity contribution in [2.75, 3.05) is 18.6 Å². The number of benzene rings is 2. The van der Waals surface area contributed by atoms with Crippen LogP contribution in [0.4, 0.5) is 5.69 Å². The largest absolute Gasteiger partial charge is 0.465 e. The standard InChI is InChI=1S/C21H21NO4S/c1-3-10-22-17-11-14(13-23)4-9-19(17)27-20(22)12-18(24)15-5-7-16(8-6-15)21(25)26-2/h4-9,11-12,23H,3,10,13H2,1-2H3. The predicted octanol–water partition coefficient (Wildman–Crippen LogP) is 4.01. The van der Waals surface area contributed by atoms with Gasteiger partial charge in [0, 0.05) is 23.1 Å². The number of aliphatic hydroxyl groups excluding tert-OH is 1. The number of nitrogens with zero attached hydrogens (tertiary/aromatic N) is 1. The first-order valence-electron chi connectivity index (χ1n) is 8.71. The van der Waals surface area contributed by atoms with Crippen LogP contribution in [0.25, 0.3) is 0 Å². The minimum Gasteiger partial charge on any atom is -0.465 e. The fourth-order valence-electron chi connectivity index (χ4n) is 2.89. The number of hydrogen-bond acceptors (Lipinski definition) is 6. The van der Waals surface area contributed by atoms with Crippen LogP contribution in [0.2, 0.25) is 0 Å². The van der Waals surface area contributed by atoms with Gasteiger partial charge in [-0.1, -0.05) is 36.9 Å². The number of fused-ring (bicyclic) bond motifs is 1. The van der Waals surface area contributed by atoms with Crippen molar-refractivity contribution in [3.05, 3.63) is 70.3 Å². The second kappa shape index (κ2) is 8.41. The molecule has 0 bridgehead atoms. The summed E-state index contributed by atoms with van der Waals surface area (Å²) in [5, 5.41) is 10.3. The van der Waals surface area contributed by atoms with Gasteiger partial charge in [0.15, 0.2) is 5.78 Å². The number of aliphatic hydroxyl groups is 1. The van der Waals surface area contributed by atoms with Crippen molar-refractivity contribution >= 4 is 29.2 Å². The Morgan fingerprint density at radius 2 is 1.85 bits per heavy atom. The molecule has 1 aliphatic heterocycles. The third-order valence-corrected chi connectivity index (χ3v) is 5.38. The Labute approximate surface area is 162 Å². The average Bonchev–Trinajstić information content (AvgIpc) is 3.04. The van der Waals surface area contributed by atoms with E-state index < -0.39 is 5.97 Å². The summed E-state index contributed by atoms with van der Waals surface area (Å²) in [6, 6.07) is 12.3. The second-order valence-electron chi connectivity index (χ2n) is 6.13. The summed E-state index contributed by atoms with van der Waals surface area (Å²) in [4.78, 5) is 27.4. The maximum absolute atomic E-state index is 12.7. The number of esters is 1. The quantitative estimate of drug-likeness (QED) is 0.462. The molecule has 0 fully saturated rings. The number of hydrogen-bond donors (Lipinski definition) is 1. The summed E-state index contributed by atoms with van der Waals surface area (Å²) in [5.74, 6) is -0.548. The number of carbonyl (C=O) groups is 2. The van der Waals surface area contributed by atoms with Gasteiger partial charge in [0.05, 0.1) is 30.0 Å². The first kappa shape index (κ1) is 19.2. The van der Waals surface area contributed by atoms with Crippen LogP contribution >= 0.6 is 11.8 Å². The van der Waals surface area contributed by atoms with Gasteiger partial charge in [-0.25, -0.2) is 4.79 Å². The lowest BCUT2D eigenvalue weighted by molar-refractivity contribution is 0.0600. The van der Waals surface area contributed by atoms with Gasteiger partial charge >= 0.3 is 5.97 Å². The minimum absolute atomic E-state index is 0.0115. The normalized spacial score (nSPS) is 14.3. The third-order valence-electron chi connectivity index (χ3n) is 4.27. The first-order valence-corrected chi connectivity index (χ1v) is 9.52. The topological polar surface area (TPSA) is 66.8 Å². The zero-order chi connectivity index (χ0) is 19.4. The highest BCUT2D eigenvalue weighted by molar-refractivity contribution is 8.03. The lowest BCUT2D eigenvalue weighted by Crippen LogP contribution is -2.19. The van der Waals surface area contributed by atoms with Gasteiger partial charge in [-0.3, -0.25) is 4.79 Å². The van der Waals surface area contributed by atoms with Crippen molar-refractivity contribution in [1.29, 1.82) is 0 Å². The lowest BCUT2D eigenvalue weighted by atomic mass is 10.1. The van der Waals surface area contributed by atoms with Crippen molar-refractivity contribution in [3.63, 3.8) is 0 Å². The van der Waals surface area contributed by atoms with Crippen LogP contribution in [-0.4, -0.2) is 30.5 Å². The average molecular weight is 383 g/mol. The number of allylic oxidation sites excluding steroid dienone is 1. The van der Waals surface area contributed by atoms with E-state index in [9.17, 15) is 14.7 Å². The molecule has 27 heavy (non-hydrogen) atoms. The summed E-state index contributed by atoms with van der Waals surface area (Å²) in [7, 11) is 1.32. The molecule has 0 amide bonds. The van der Waals surface area contributed by atoms with Gasteiger partial charge in [-0.05, 0) is 36.2 Å². The number of ether oxygens (including phenoxy) is 1. The van der Waals surface area contributed by atoms with Crippen molar-refractivity contribution in [1.82, 2.24) is 0 Å². The smallest absolute Gasteiger partial charge is 0.337 e. The zero-order valence-electron chi connectivity index (χ0n) is 15.3. The molecule has 0 aliphatic carbocycles. The van der Waals surface area contributed by atoms with Crippen LogP contribution < -0.4 is 4.90 Å². The predicted molar refractivity (Wildman–Crippen MR) is 106 cm³/mol. The fourth-order valence-corrected chi connectivity index (χ4v) is 3.99. The summed E-state index contributed by atoms with van der Waals surface area (Å²) in [6.07, 6.45) is 2.56. The van der Waals surface area contributed by atoms with Crippen molar-refractivity contribution in [2.45, 2.75) is 24.8 Å². The molecule has 1 heterocycles. The minimum atomic E-state index is -0.428. The van der Waals surface area contributed by atoms with E-state index in [0.29, 0.717) is 11.1 Å². The van der Waals surface area contributed by atoms with Crippen molar-refractivity contribution in [2.24, 2.45) is 0 Å². The van der Waals surface area contributed by atoms with Gasteiger partial charge < -0.3 is 14.7 Å². The number of anilines is 1. The Balaban J connectivity index is 1.87. The number of rotatable bonds is 6. The summed E-state index contributed by atoms with van der Waals surface area (Å²) in [6.45, 7) is 2.86. The SMILES string of the molecule is CCCN1C(=CC(=O)c2ccc(C(=O)OC)cc2)Sc2ccc(CO)cc21. The molecule has 3 rings (SSSR count). The molecular weight excluding hydrogens is 362 g/mol. The van der Waals surface area contributed by atoms with E-state index in [0.717, 1.165) is 34.1 Å². The molecule has 2 aromatic rings. The summed E-state index contributed by atoms with van der Waals surface area (Å²) < 4.78 is 4.68. The number of ketones is 1. The maximum Gasteiger partial charge on any atom is 0.337 e. The zero-order valence-corrected chi connectivity index (χ0v) is 16.1. The van der Waals surface area contributed by atoms with E-state index in [1.807, 2.05) is 18.2 Å². The van der Waals surface area contributed by atoms with E-state index in [1.165, 1.54) is 7.11 Å². The molecule has 0 atom stereocenters. The van der Waals surface area contributed by atoms with Gasteiger partial charge in [-0.2, -0.15) is 0 Å². The molecule has 0 unspecified atom stereocenters. The van der Waals surface area contributed by atoms with Gasteiger partial charge in [0.25, 0.3) is 0 Å². The highest BCUT2D eigenvalue weighted by atomic mass is 32.2. The molecule has 0 saturated heterocycles. The molecule has 1 aliphatic rings. The van der Waals surface area contributed by atoms with E-state index >= 15 is 0 Å². The fraction of sp³-hybridized carbons (Fsp3) is 0.238. The molecule has 1 N–H and O–H groups in total. The lowest BCUT2D eigenvalue weighted by Gasteiger charge is -2.20. The van der Waals surface area contributed by atoms with Gasteiger partial charge in [0.2, 0.25) is 0 Å². The van der Waals surface area contributed by atoms with Gasteiger partial charge in [0.1, 0.15) is 0 Å². The van der Waals surface area contributed by atoms with Crippen LogP contribution in [0, 0.1) is 0 Å². The Hall–Kier alpha value is -2.57. The van der Waals surface area contributed by atoms with E-state index in [-0.39, 0.29) is 12.4 Å². The van der Waals surface area contributed by atoms with Crippen LogP contribution in [0.5, 0.6) is 0 Å². The second-order valence-corrected chi connectivity index (χ2v) is 7.19. The Morgan fingerprint density at radius 3 is 2.48 bits per heavy atom. The summed E-state index contributed by atoms with van der Waals surface area (Å²) >= 11 is 1.55. The number of carbonyl (C=O) groups excluding carboxylic acids is 2. The third kappa shape index (κ3) is 4.07. The molecular formula is C21H21NO4S. The highest BCUT2D eigenvalue weighted by Gasteiger charge is 2.25. The van der Waals surface area contributed by atoms with Crippen LogP contribution in [0.1, 0.15) is 39.6 Å². The van der Waals surface area contributed by atoms with Crippen LogP contribution in [-0.2, 0) is 11.3 Å². The molecule has 0 aromatic heterocycles. The molecule has 6 heteroatoms. The van der Waals surface area contributed by atoms with E-state index in [2.05, 4.69) is 16.6 Å². The number of methoxy groups -OCH3 is 1. The van der Waals surface area contributed by atoms with Gasteiger partial charge in [-0.15, -0.1) is 0 Å². The first-order chi connectivity index (χ1) is 13.1. The van der Waals surface area contributed by atoms with E-state index in [1.54, 1.807) is 42.1 Å². The maximum atomic E-state index is 12.7. The Kier molecular flexibility index (Phi) is 5.98. The molecule has 0 spiro atoms. The monoisotopic (exact) mass is 383 g/mol. The van der Waals surface area contributed by atoms with Crippen molar-refractivity contribution in [3.8, 4) is 0 Å². The molecule has 2 aromatic carbocycles. The van der Waals surface area contributed by atoms with Crippen LogP contribution in [0.3, 0.4) is 0 Å². The molecule has 5 nitrogen and oxygen atoms in total. The molecule has 0 radical (unpaired) electrons. The number of thioether (sulfide) groups is 1. The summed E-state index contributed by atoms with van der Waals surface area (Å²) in [5.41, 5.74) is 2.79.